The number of amides is 1. The fraction of sp³-hybridized carbons (Fsp3) is 0.312. The third kappa shape index (κ3) is 3.49. The lowest BCUT2D eigenvalue weighted by atomic mass is 9.91. The Morgan fingerprint density at radius 1 is 1.20 bits per heavy atom. The molecule has 1 aromatic carbocycles. The molecule has 0 bridgehead atoms. The van der Waals surface area contributed by atoms with Crippen LogP contribution in [0.15, 0.2) is 30.6 Å². The van der Waals surface area contributed by atoms with Gasteiger partial charge in [-0.15, -0.1) is 0 Å². The number of aliphatic hydroxyl groups is 1. The summed E-state index contributed by atoms with van der Waals surface area (Å²) in [6.07, 6.45) is 2.96. The van der Waals surface area contributed by atoms with E-state index in [0.29, 0.717) is 21.3 Å². The number of likely N-dealkylation sites (tertiary alicyclic amines) is 1. The number of hydrogen-bond donors (Lipinski definition) is 2. The standard InChI is InChI=1S/C16H15Cl2N3O4/c17-11-1-2-13(12(18)7-11)21-9-10(8-19-21)14(22)20-5-3-16(25,4-6-20)15(23)24/h1-2,7-9,25H,3-6H2,(H,23,24). The van der Waals surface area contributed by atoms with Gasteiger partial charge in [-0.25, -0.2) is 9.48 Å². The fourth-order valence-electron chi connectivity index (χ4n) is 2.71. The summed E-state index contributed by atoms with van der Waals surface area (Å²) >= 11 is 12.0. The van der Waals surface area contributed by atoms with Crippen molar-refractivity contribution in [3.63, 3.8) is 0 Å². The van der Waals surface area contributed by atoms with Crippen molar-refractivity contribution in [3.05, 3.63) is 46.2 Å². The summed E-state index contributed by atoms with van der Waals surface area (Å²) in [5.74, 6) is -1.53. The van der Waals surface area contributed by atoms with Gasteiger partial charge >= 0.3 is 5.97 Å². The number of nitrogens with zero attached hydrogens (tertiary/aromatic N) is 3. The lowest BCUT2D eigenvalue weighted by Crippen LogP contribution is -2.50. The van der Waals surface area contributed by atoms with Crippen molar-refractivity contribution in [2.24, 2.45) is 0 Å². The normalized spacial score (nSPS) is 16.7. The molecule has 1 aliphatic heterocycles. The molecular weight excluding hydrogens is 369 g/mol. The highest BCUT2D eigenvalue weighted by molar-refractivity contribution is 6.35. The predicted octanol–water partition coefficient (Wildman–Crippen LogP) is 2.23. The molecule has 0 atom stereocenters. The van der Waals surface area contributed by atoms with Gasteiger partial charge in [-0.05, 0) is 18.2 Å². The van der Waals surface area contributed by atoms with Crippen LogP contribution in [0.2, 0.25) is 10.0 Å². The highest BCUT2D eigenvalue weighted by Crippen LogP contribution is 2.26. The number of benzene rings is 1. The molecule has 1 saturated heterocycles. The van der Waals surface area contributed by atoms with E-state index in [-0.39, 0.29) is 31.8 Å². The van der Waals surface area contributed by atoms with Crippen molar-refractivity contribution in [1.82, 2.24) is 14.7 Å². The van der Waals surface area contributed by atoms with Crippen molar-refractivity contribution in [2.45, 2.75) is 18.4 Å². The molecule has 3 rings (SSSR count). The maximum atomic E-state index is 12.6. The lowest BCUT2D eigenvalue weighted by Gasteiger charge is -2.35. The molecule has 1 aliphatic rings. The Bertz CT molecular complexity index is 829. The van der Waals surface area contributed by atoms with Gasteiger partial charge in [0.2, 0.25) is 0 Å². The molecule has 0 saturated carbocycles. The highest BCUT2D eigenvalue weighted by Gasteiger charge is 2.40. The number of carbonyl (C=O) groups is 2. The Hall–Kier alpha value is -2.09. The molecule has 9 heteroatoms. The van der Waals surface area contributed by atoms with Gasteiger partial charge in [-0.2, -0.15) is 5.10 Å². The SMILES string of the molecule is O=C(c1cnn(-c2ccc(Cl)cc2Cl)c1)N1CCC(O)(C(=O)O)CC1. The number of aliphatic carboxylic acids is 1. The predicted molar refractivity (Wildman–Crippen MR) is 91.3 cm³/mol. The minimum Gasteiger partial charge on any atom is -0.479 e. The van der Waals surface area contributed by atoms with Crippen LogP contribution in [-0.4, -0.2) is 55.5 Å². The molecule has 0 spiro atoms. The van der Waals surface area contributed by atoms with E-state index in [9.17, 15) is 14.7 Å². The molecule has 2 heterocycles. The van der Waals surface area contributed by atoms with Crippen LogP contribution in [-0.2, 0) is 4.79 Å². The van der Waals surface area contributed by atoms with Crippen LogP contribution in [0.3, 0.4) is 0 Å². The second kappa shape index (κ2) is 6.67. The van der Waals surface area contributed by atoms with Crippen LogP contribution < -0.4 is 0 Å². The third-order valence-electron chi connectivity index (χ3n) is 4.26. The van der Waals surface area contributed by atoms with Crippen LogP contribution >= 0.6 is 23.2 Å². The molecule has 25 heavy (non-hydrogen) atoms. The number of aromatic nitrogens is 2. The minimum atomic E-state index is -1.77. The van der Waals surface area contributed by atoms with Gasteiger partial charge in [0, 0.05) is 37.2 Å². The summed E-state index contributed by atoms with van der Waals surface area (Å²) in [5.41, 5.74) is -0.826. The molecular formula is C16H15Cl2N3O4. The van der Waals surface area contributed by atoms with E-state index in [1.807, 2.05) is 0 Å². The van der Waals surface area contributed by atoms with E-state index in [4.69, 9.17) is 28.3 Å². The van der Waals surface area contributed by atoms with E-state index < -0.39 is 11.6 Å². The van der Waals surface area contributed by atoms with E-state index in [1.54, 1.807) is 24.4 Å². The third-order valence-corrected chi connectivity index (χ3v) is 4.80. The summed E-state index contributed by atoms with van der Waals surface area (Å²) in [7, 11) is 0. The number of piperidine rings is 1. The zero-order valence-corrected chi connectivity index (χ0v) is 14.5. The maximum Gasteiger partial charge on any atom is 0.335 e. The first-order valence-electron chi connectivity index (χ1n) is 7.55. The first-order valence-corrected chi connectivity index (χ1v) is 8.31. The Labute approximate surface area is 153 Å². The molecule has 7 nitrogen and oxygen atoms in total. The van der Waals surface area contributed by atoms with Crippen molar-refractivity contribution < 1.29 is 19.8 Å². The zero-order valence-electron chi connectivity index (χ0n) is 13.0. The summed E-state index contributed by atoms with van der Waals surface area (Å²) in [5, 5.41) is 24.0. The lowest BCUT2D eigenvalue weighted by molar-refractivity contribution is -0.162. The summed E-state index contributed by atoms with van der Waals surface area (Å²) < 4.78 is 1.48. The second-order valence-electron chi connectivity index (χ2n) is 5.90. The van der Waals surface area contributed by atoms with Crippen LogP contribution in [0, 0.1) is 0 Å². The van der Waals surface area contributed by atoms with Gasteiger partial charge in [0.1, 0.15) is 0 Å². The molecule has 0 aliphatic carbocycles. The number of carboxylic acids is 1. The highest BCUT2D eigenvalue weighted by atomic mass is 35.5. The molecule has 1 fully saturated rings. The van der Waals surface area contributed by atoms with Gasteiger partial charge in [0.05, 0.1) is 22.5 Å². The van der Waals surface area contributed by atoms with Gasteiger partial charge in [0.15, 0.2) is 5.60 Å². The van der Waals surface area contributed by atoms with Crippen molar-refractivity contribution in [2.75, 3.05) is 13.1 Å². The molecule has 1 amide bonds. The second-order valence-corrected chi connectivity index (χ2v) is 6.74. The number of carbonyl (C=O) groups excluding carboxylic acids is 1. The Morgan fingerprint density at radius 2 is 1.88 bits per heavy atom. The molecule has 2 N–H and O–H groups in total. The fourth-order valence-corrected chi connectivity index (χ4v) is 3.20. The average Bonchev–Trinajstić information content (AvgIpc) is 3.04. The van der Waals surface area contributed by atoms with Gasteiger partial charge in [-0.1, -0.05) is 23.2 Å². The molecule has 0 radical (unpaired) electrons. The largest absolute Gasteiger partial charge is 0.479 e. The number of rotatable bonds is 3. The monoisotopic (exact) mass is 383 g/mol. The minimum absolute atomic E-state index is 0.00871. The smallest absolute Gasteiger partial charge is 0.335 e. The van der Waals surface area contributed by atoms with Crippen molar-refractivity contribution in [1.29, 1.82) is 0 Å². The number of hydrogen-bond acceptors (Lipinski definition) is 4. The summed E-state index contributed by atoms with van der Waals surface area (Å²) in [6.45, 7) is 0.322. The number of carboxylic acid groups (broad SMARTS) is 1. The van der Waals surface area contributed by atoms with Crippen LogP contribution in [0.5, 0.6) is 0 Å². The van der Waals surface area contributed by atoms with Crippen LogP contribution in [0.1, 0.15) is 23.2 Å². The first kappa shape index (κ1) is 17.7. The Kier molecular flexibility index (Phi) is 4.73. The topological polar surface area (TPSA) is 95.7 Å². The van der Waals surface area contributed by atoms with E-state index in [0.717, 1.165) is 0 Å². The van der Waals surface area contributed by atoms with E-state index >= 15 is 0 Å². The van der Waals surface area contributed by atoms with Crippen molar-refractivity contribution >= 4 is 35.1 Å². The van der Waals surface area contributed by atoms with Gasteiger partial charge in [0.25, 0.3) is 5.91 Å². The van der Waals surface area contributed by atoms with Crippen LogP contribution in [0.25, 0.3) is 5.69 Å². The molecule has 2 aromatic rings. The molecule has 132 valence electrons. The Balaban J connectivity index is 1.74. The van der Waals surface area contributed by atoms with Crippen molar-refractivity contribution in [3.8, 4) is 5.69 Å². The van der Waals surface area contributed by atoms with Crippen LogP contribution in [0.4, 0.5) is 0 Å². The average molecular weight is 384 g/mol. The van der Waals surface area contributed by atoms with Gasteiger partial charge in [-0.3, -0.25) is 4.79 Å². The van der Waals surface area contributed by atoms with E-state index in [1.165, 1.54) is 15.8 Å². The quantitative estimate of drug-likeness (QED) is 0.846. The maximum absolute atomic E-state index is 12.6. The first-order chi connectivity index (χ1) is 11.8. The molecule has 1 aromatic heterocycles. The summed E-state index contributed by atoms with van der Waals surface area (Å²) in [4.78, 5) is 25.1. The van der Waals surface area contributed by atoms with E-state index in [2.05, 4.69) is 5.10 Å². The summed E-state index contributed by atoms with van der Waals surface area (Å²) in [6, 6.07) is 4.95. The van der Waals surface area contributed by atoms with Gasteiger partial charge < -0.3 is 15.1 Å². The Morgan fingerprint density at radius 3 is 2.48 bits per heavy atom. The zero-order chi connectivity index (χ0) is 18.2. The molecule has 0 unspecified atom stereocenters. The number of halogens is 2.